The molecule has 4 aromatic heterocycles. The van der Waals surface area contributed by atoms with E-state index in [1.807, 2.05) is 49.1 Å². The molecule has 0 aliphatic heterocycles. The summed E-state index contributed by atoms with van der Waals surface area (Å²) < 4.78 is 3.50. The van der Waals surface area contributed by atoms with Crippen LogP contribution in [0, 0.1) is 6.92 Å². The number of thiophene rings is 1. The summed E-state index contributed by atoms with van der Waals surface area (Å²) in [4.78, 5) is 18.6. The number of carbonyl (C=O) groups excluding carboxylic acids is 1. The van der Waals surface area contributed by atoms with Gasteiger partial charge in [0.15, 0.2) is 5.82 Å². The van der Waals surface area contributed by atoms with Crippen LogP contribution >= 0.6 is 11.3 Å². The molecule has 0 aromatic carbocycles. The third-order valence-corrected chi connectivity index (χ3v) is 5.15. The highest BCUT2D eigenvalue weighted by atomic mass is 32.1. The van der Waals surface area contributed by atoms with Crippen LogP contribution in [0.1, 0.15) is 20.9 Å². The van der Waals surface area contributed by atoms with E-state index in [4.69, 9.17) is 0 Å². The molecule has 126 valence electrons. The van der Waals surface area contributed by atoms with E-state index in [0.29, 0.717) is 17.2 Å². The van der Waals surface area contributed by atoms with E-state index < -0.39 is 0 Å². The lowest BCUT2D eigenvalue weighted by Crippen LogP contribution is -2.23. The maximum atomic E-state index is 12.5. The second-order valence-corrected chi connectivity index (χ2v) is 6.69. The molecule has 4 heterocycles. The molecule has 0 spiro atoms. The lowest BCUT2D eigenvalue weighted by atomic mass is 10.2. The van der Waals surface area contributed by atoms with Crippen LogP contribution in [0.25, 0.3) is 16.0 Å². The average molecular weight is 352 g/mol. The summed E-state index contributed by atoms with van der Waals surface area (Å²) >= 11 is 1.45. The van der Waals surface area contributed by atoms with Crippen molar-refractivity contribution in [2.24, 2.45) is 7.05 Å². The van der Waals surface area contributed by atoms with Gasteiger partial charge in [-0.1, -0.05) is 6.07 Å². The van der Waals surface area contributed by atoms with E-state index >= 15 is 0 Å². The summed E-state index contributed by atoms with van der Waals surface area (Å²) in [6.07, 6.45) is 5.24. The molecule has 7 nitrogen and oxygen atoms in total. The molecule has 0 aliphatic carbocycles. The van der Waals surface area contributed by atoms with Gasteiger partial charge in [-0.05, 0) is 25.1 Å². The minimum absolute atomic E-state index is 0.101. The smallest absolute Gasteiger partial charge is 0.261 e. The van der Waals surface area contributed by atoms with Gasteiger partial charge < -0.3 is 5.32 Å². The molecule has 0 saturated heterocycles. The Balaban J connectivity index is 1.55. The Bertz CT molecular complexity index is 1010. The number of aryl methyl sites for hydroxylation is 2. The number of fused-ring (bicyclic) bond motifs is 1. The van der Waals surface area contributed by atoms with Crippen LogP contribution in [0.2, 0.25) is 0 Å². The zero-order valence-corrected chi connectivity index (χ0v) is 14.6. The summed E-state index contributed by atoms with van der Waals surface area (Å²) in [7, 11) is 1.89. The fraction of sp³-hybridized carbons (Fsp3) is 0.176. The normalized spacial score (nSPS) is 11.1. The quantitative estimate of drug-likeness (QED) is 0.612. The fourth-order valence-corrected chi connectivity index (χ4v) is 3.79. The van der Waals surface area contributed by atoms with Gasteiger partial charge in [-0.2, -0.15) is 10.2 Å². The first kappa shape index (κ1) is 15.5. The maximum Gasteiger partial charge on any atom is 0.261 e. The molecule has 0 unspecified atom stereocenters. The Morgan fingerprint density at radius 1 is 1.32 bits per heavy atom. The topological polar surface area (TPSA) is 77.6 Å². The molecule has 0 atom stereocenters. The summed E-state index contributed by atoms with van der Waals surface area (Å²) in [5.41, 5.74) is 1.83. The molecular formula is C17H16N6OS. The molecule has 25 heavy (non-hydrogen) atoms. The van der Waals surface area contributed by atoms with Gasteiger partial charge in [0.25, 0.3) is 5.91 Å². The Morgan fingerprint density at radius 3 is 2.96 bits per heavy atom. The monoisotopic (exact) mass is 352 g/mol. The second kappa shape index (κ2) is 6.14. The standard InChI is InChI=1S/C17H16N6OS/c1-11-13-9-14(25-17(13)22(2)21-11)16(24)19-10-12-5-3-6-18-15(12)23-8-4-7-20-23/h3-9H,10H2,1-2H3,(H,19,24). The number of nitrogens with one attached hydrogen (secondary N) is 1. The molecule has 8 heteroatoms. The third kappa shape index (κ3) is 2.80. The molecular weight excluding hydrogens is 336 g/mol. The van der Waals surface area contributed by atoms with Gasteiger partial charge in [-0.15, -0.1) is 11.3 Å². The Labute approximate surface area is 147 Å². The first-order valence-electron chi connectivity index (χ1n) is 7.79. The van der Waals surface area contributed by atoms with Crippen LogP contribution in [-0.4, -0.2) is 30.5 Å². The molecule has 1 amide bonds. The maximum absolute atomic E-state index is 12.5. The van der Waals surface area contributed by atoms with Crippen molar-refractivity contribution in [1.29, 1.82) is 0 Å². The van der Waals surface area contributed by atoms with Crippen molar-refractivity contribution in [3.8, 4) is 5.82 Å². The highest BCUT2D eigenvalue weighted by Crippen LogP contribution is 2.27. The zero-order valence-electron chi connectivity index (χ0n) is 13.8. The van der Waals surface area contributed by atoms with E-state index in [0.717, 1.165) is 21.5 Å². The Kier molecular flexibility index (Phi) is 3.81. The van der Waals surface area contributed by atoms with E-state index in [-0.39, 0.29) is 5.91 Å². The minimum Gasteiger partial charge on any atom is -0.347 e. The Morgan fingerprint density at radius 2 is 2.20 bits per heavy atom. The van der Waals surface area contributed by atoms with Gasteiger partial charge in [-0.3, -0.25) is 9.48 Å². The van der Waals surface area contributed by atoms with E-state index in [1.165, 1.54) is 11.3 Å². The van der Waals surface area contributed by atoms with Crippen molar-refractivity contribution >= 4 is 27.5 Å². The highest BCUT2D eigenvalue weighted by molar-refractivity contribution is 7.20. The van der Waals surface area contributed by atoms with Gasteiger partial charge in [0.2, 0.25) is 0 Å². The molecule has 4 aromatic rings. The molecule has 1 N–H and O–H groups in total. The van der Waals surface area contributed by atoms with Crippen molar-refractivity contribution < 1.29 is 4.79 Å². The molecule has 4 rings (SSSR count). The molecule has 0 saturated carbocycles. The highest BCUT2D eigenvalue weighted by Gasteiger charge is 2.15. The SMILES string of the molecule is Cc1nn(C)c2sc(C(=O)NCc3cccnc3-n3cccn3)cc12. The van der Waals surface area contributed by atoms with Gasteiger partial charge in [0.05, 0.1) is 10.6 Å². The number of carbonyl (C=O) groups is 1. The molecule has 0 fully saturated rings. The lowest BCUT2D eigenvalue weighted by molar-refractivity contribution is 0.0955. The number of pyridine rings is 1. The first-order valence-corrected chi connectivity index (χ1v) is 8.60. The molecule has 0 aliphatic rings. The third-order valence-electron chi connectivity index (χ3n) is 3.95. The predicted octanol–water partition coefficient (Wildman–Crippen LogP) is 2.45. The Hall–Kier alpha value is -3.00. The van der Waals surface area contributed by atoms with Gasteiger partial charge >= 0.3 is 0 Å². The summed E-state index contributed by atoms with van der Waals surface area (Å²) in [5.74, 6) is 0.611. The van der Waals surface area contributed by atoms with Crippen molar-refractivity contribution in [2.45, 2.75) is 13.5 Å². The summed E-state index contributed by atoms with van der Waals surface area (Å²) in [6.45, 7) is 2.33. The van der Waals surface area contributed by atoms with Crippen LogP contribution in [0.5, 0.6) is 0 Å². The number of hydrogen-bond donors (Lipinski definition) is 1. The van der Waals surface area contributed by atoms with Crippen molar-refractivity contribution in [1.82, 2.24) is 29.9 Å². The van der Waals surface area contributed by atoms with Gasteiger partial charge in [0, 0.05) is 43.1 Å². The molecule has 0 bridgehead atoms. The second-order valence-electron chi connectivity index (χ2n) is 5.66. The van der Waals surface area contributed by atoms with Crippen molar-refractivity contribution in [3.05, 3.63) is 59.0 Å². The minimum atomic E-state index is -0.101. The van der Waals surface area contributed by atoms with Crippen LogP contribution in [-0.2, 0) is 13.6 Å². The number of nitrogens with zero attached hydrogens (tertiary/aromatic N) is 5. The lowest BCUT2D eigenvalue weighted by Gasteiger charge is -2.09. The number of hydrogen-bond acceptors (Lipinski definition) is 5. The largest absolute Gasteiger partial charge is 0.347 e. The van der Waals surface area contributed by atoms with E-state index in [9.17, 15) is 4.79 Å². The predicted molar refractivity (Wildman–Crippen MR) is 95.9 cm³/mol. The average Bonchev–Trinajstić information content (AvgIpc) is 3.33. The number of rotatable bonds is 4. The van der Waals surface area contributed by atoms with Gasteiger partial charge in [-0.25, -0.2) is 9.67 Å². The fourth-order valence-electron chi connectivity index (χ4n) is 2.75. The van der Waals surface area contributed by atoms with Crippen molar-refractivity contribution in [2.75, 3.05) is 0 Å². The summed E-state index contributed by atoms with van der Waals surface area (Å²) in [6, 6.07) is 7.52. The van der Waals surface area contributed by atoms with Crippen LogP contribution in [0.3, 0.4) is 0 Å². The number of amides is 1. The van der Waals surface area contributed by atoms with Gasteiger partial charge in [0.1, 0.15) is 4.83 Å². The van der Waals surface area contributed by atoms with E-state index in [2.05, 4.69) is 20.5 Å². The van der Waals surface area contributed by atoms with E-state index in [1.54, 1.807) is 17.1 Å². The van der Waals surface area contributed by atoms with Crippen molar-refractivity contribution in [3.63, 3.8) is 0 Å². The van der Waals surface area contributed by atoms with Crippen LogP contribution in [0.15, 0.2) is 42.9 Å². The number of aromatic nitrogens is 5. The van der Waals surface area contributed by atoms with Crippen LogP contribution in [0.4, 0.5) is 0 Å². The zero-order chi connectivity index (χ0) is 17.4. The first-order chi connectivity index (χ1) is 12.1. The molecule has 0 radical (unpaired) electrons. The van der Waals surface area contributed by atoms with Crippen LogP contribution < -0.4 is 5.32 Å². The summed E-state index contributed by atoms with van der Waals surface area (Å²) in [5, 5.41) is 12.6.